The van der Waals surface area contributed by atoms with Gasteiger partial charge in [-0.2, -0.15) is 0 Å². The molecule has 1 heterocycles. The lowest BCUT2D eigenvalue weighted by atomic mass is 10.1. The molecule has 0 fully saturated rings. The topological polar surface area (TPSA) is 50.9 Å². The van der Waals surface area contributed by atoms with Crippen molar-refractivity contribution in [2.45, 2.75) is 13.5 Å². The van der Waals surface area contributed by atoms with Crippen LogP contribution in [0.2, 0.25) is 0 Å². The largest absolute Gasteiger partial charge is 0.399 e. The van der Waals surface area contributed by atoms with Crippen molar-refractivity contribution in [3.8, 4) is 0 Å². The lowest BCUT2D eigenvalue weighted by molar-refractivity contribution is 1.14. The summed E-state index contributed by atoms with van der Waals surface area (Å²) in [5.41, 5.74) is 10.8. The SMILES string of the molecule is Cc1cc(NCc2ccc(N)cc2)c2ccccc2n1. The number of nitrogens with one attached hydrogen (secondary N) is 1. The number of para-hydroxylation sites is 1. The first-order valence-electron chi connectivity index (χ1n) is 6.67. The molecule has 2 aromatic carbocycles. The monoisotopic (exact) mass is 263 g/mol. The van der Waals surface area contributed by atoms with Crippen molar-refractivity contribution in [1.82, 2.24) is 4.98 Å². The molecule has 0 amide bonds. The molecule has 0 unspecified atom stereocenters. The van der Waals surface area contributed by atoms with Gasteiger partial charge in [-0.15, -0.1) is 0 Å². The Kier molecular flexibility index (Phi) is 3.25. The highest BCUT2D eigenvalue weighted by Crippen LogP contribution is 2.23. The average Bonchev–Trinajstić information content (AvgIpc) is 2.46. The molecule has 3 rings (SSSR count). The summed E-state index contributed by atoms with van der Waals surface area (Å²) in [5.74, 6) is 0. The van der Waals surface area contributed by atoms with Crippen molar-refractivity contribution in [3.05, 3.63) is 65.9 Å². The molecule has 0 aliphatic carbocycles. The van der Waals surface area contributed by atoms with Crippen LogP contribution in [0.15, 0.2) is 54.6 Å². The number of aromatic nitrogens is 1. The summed E-state index contributed by atoms with van der Waals surface area (Å²) in [7, 11) is 0. The second kappa shape index (κ2) is 5.21. The third-order valence-electron chi connectivity index (χ3n) is 3.31. The fourth-order valence-electron chi connectivity index (χ4n) is 2.29. The summed E-state index contributed by atoms with van der Waals surface area (Å²) in [5, 5.41) is 4.63. The maximum Gasteiger partial charge on any atom is 0.0725 e. The second-order valence-electron chi connectivity index (χ2n) is 4.92. The van der Waals surface area contributed by atoms with Crippen LogP contribution in [0.3, 0.4) is 0 Å². The van der Waals surface area contributed by atoms with Gasteiger partial charge in [0.05, 0.1) is 5.52 Å². The van der Waals surface area contributed by atoms with Crippen molar-refractivity contribution in [2.24, 2.45) is 0 Å². The summed E-state index contributed by atoms with van der Waals surface area (Å²) in [4.78, 5) is 4.55. The highest BCUT2D eigenvalue weighted by molar-refractivity contribution is 5.91. The number of hydrogen-bond acceptors (Lipinski definition) is 3. The molecule has 1 aromatic heterocycles. The van der Waals surface area contributed by atoms with Gasteiger partial charge in [0.2, 0.25) is 0 Å². The van der Waals surface area contributed by atoms with Crippen molar-refractivity contribution >= 4 is 22.3 Å². The average molecular weight is 263 g/mol. The zero-order chi connectivity index (χ0) is 13.9. The fourth-order valence-corrected chi connectivity index (χ4v) is 2.29. The number of benzene rings is 2. The van der Waals surface area contributed by atoms with Crippen LogP contribution in [-0.2, 0) is 6.54 Å². The van der Waals surface area contributed by atoms with Gasteiger partial charge in [-0.1, -0.05) is 30.3 Å². The maximum atomic E-state index is 5.70. The van der Waals surface area contributed by atoms with E-state index in [1.54, 1.807) is 0 Å². The number of fused-ring (bicyclic) bond motifs is 1. The smallest absolute Gasteiger partial charge is 0.0725 e. The standard InChI is InChI=1S/C17H17N3/c1-12-10-17(15-4-2-3-5-16(15)20-12)19-11-13-6-8-14(18)9-7-13/h2-10H,11,18H2,1H3,(H,19,20). The highest BCUT2D eigenvalue weighted by Gasteiger charge is 2.03. The molecular weight excluding hydrogens is 246 g/mol. The van der Waals surface area contributed by atoms with E-state index in [9.17, 15) is 0 Å². The molecule has 3 heteroatoms. The minimum atomic E-state index is 0.772. The third kappa shape index (κ3) is 2.57. The van der Waals surface area contributed by atoms with E-state index in [-0.39, 0.29) is 0 Å². The lowest BCUT2D eigenvalue weighted by Gasteiger charge is -2.11. The molecule has 3 nitrogen and oxygen atoms in total. The number of nitrogen functional groups attached to an aromatic ring is 1. The minimum absolute atomic E-state index is 0.772. The summed E-state index contributed by atoms with van der Waals surface area (Å²) in [6.07, 6.45) is 0. The van der Waals surface area contributed by atoms with Crippen LogP contribution < -0.4 is 11.1 Å². The van der Waals surface area contributed by atoms with Crippen molar-refractivity contribution < 1.29 is 0 Å². The fraction of sp³-hybridized carbons (Fsp3) is 0.118. The van der Waals surface area contributed by atoms with Crippen LogP contribution in [0.25, 0.3) is 10.9 Å². The molecule has 100 valence electrons. The summed E-state index contributed by atoms with van der Waals surface area (Å²) in [6, 6.07) is 18.2. The summed E-state index contributed by atoms with van der Waals surface area (Å²) >= 11 is 0. The number of anilines is 2. The molecule has 3 aromatic rings. The van der Waals surface area contributed by atoms with Gasteiger partial charge in [-0.3, -0.25) is 4.98 Å². The van der Waals surface area contributed by atoms with Gasteiger partial charge in [0, 0.05) is 29.0 Å². The molecule has 0 bridgehead atoms. The molecule has 0 aliphatic rings. The first-order valence-corrected chi connectivity index (χ1v) is 6.67. The van der Waals surface area contributed by atoms with E-state index in [0.29, 0.717) is 0 Å². The Morgan fingerprint density at radius 2 is 1.80 bits per heavy atom. The van der Waals surface area contributed by atoms with E-state index < -0.39 is 0 Å². The van der Waals surface area contributed by atoms with Crippen LogP contribution in [0.5, 0.6) is 0 Å². The van der Waals surface area contributed by atoms with Crippen LogP contribution in [0.1, 0.15) is 11.3 Å². The zero-order valence-corrected chi connectivity index (χ0v) is 11.4. The quantitative estimate of drug-likeness (QED) is 0.708. The van der Waals surface area contributed by atoms with Gasteiger partial charge in [0.1, 0.15) is 0 Å². The first-order chi connectivity index (χ1) is 9.72. The van der Waals surface area contributed by atoms with Gasteiger partial charge in [0.25, 0.3) is 0 Å². The molecule has 3 N–H and O–H groups in total. The van der Waals surface area contributed by atoms with E-state index in [2.05, 4.69) is 22.4 Å². The number of nitrogens with two attached hydrogens (primary N) is 1. The molecular formula is C17H17N3. The Morgan fingerprint density at radius 3 is 2.60 bits per heavy atom. The zero-order valence-electron chi connectivity index (χ0n) is 11.4. The Hall–Kier alpha value is -2.55. The molecule has 0 aliphatic heterocycles. The van der Waals surface area contributed by atoms with E-state index in [0.717, 1.165) is 34.5 Å². The Morgan fingerprint density at radius 1 is 1.05 bits per heavy atom. The van der Waals surface area contributed by atoms with Crippen LogP contribution in [0, 0.1) is 6.92 Å². The van der Waals surface area contributed by atoms with Gasteiger partial charge >= 0.3 is 0 Å². The normalized spacial score (nSPS) is 10.7. The van der Waals surface area contributed by atoms with Gasteiger partial charge < -0.3 is 11.1 Å². The van der Waals surface area contributed by atoms with Crippen LogP contribution in [0.4, 0.5) is 11.4 Å². The predicted octanol–water partition coefficient (Wildman–Crippen LogP) is 3.74. The van der Waals surface area contributed by atoms with Gasteiger partial charge in [-0.25, -0.2) is 0 Å². The lowest BCUT2D eigenvalue weighted by Crippen LogP contribution is -2.01. The Balaban J connectivity index is 1.88. The number of pyridine rings is 1. The van der Waals surface area contributed by atoms with Crippen molar-refractivity contribution in [1.29, 1.82) is 0 Å². The number of nitrogens with zero attached hydrogens (tertiary/aromatic N) is 1. The van der Waals surface area contributed by atoms with E-state index in [1.165, 1.54) is 5.56 Å². The van der Waals surface area contributed by atoms with E-state index in [4.69, 9.17) is 5.73 Å². The summed E-state index contributed by atoms with van der Waals surface area (Å²) in [6.45, 7) is 2.79. The molecule has 0 saturated carbocycles. The van der Waals surface area contributed by atoms with Gasteiger partial charge in [0.15, 0.2) is 0 Å². The molecule has 0 radical (unpaired) electrons. The van der Waals surface area contributed by atoms with Crippen LogP contribution >= 0.6 is 0 Å². The second-order valence-corrected chi connectivity index (χ2v) is 4.92. The molecule has 0 saturated heterocycles. The Bertz CT molecular complexity index is 733. The van der Waals surface area contributed by atoms with E-state index in [1.807, 2.05) is 49.4 Å². The highest BCUT2D eigenvalue weighted by atomic mass is 14.9. The Labute approximate surface area is 118 Å². The number of aryl methyl sites for hydroxylation is 1. The van der Waals surface area contributed by atoms with Crippen molar-refractivity contribution in [2.75, 3.05) is 11.1 Å². The summed E-state index contributed by atoms with van der Waals surface area (Å²) < 4.78 is 0. The van der Waals surface area contributed by atoms with Crippen LogP contribution in [-0.4, -0.2) is 4.98 Å². The molecule has 20 heavy (non-hydrogen) atoms. The number of hydrogen-bond donors (Lipinski definition) is 2. The van der Waals surface area contributed by atoms with Gasteiger partial charge in [-0.05, 0) is 36.8 Å². The minimum Gasteiger partial charge on any atom is -0.399 e. The predicted molar refractivity (Wildman–Crippen MR) is 84.7 cm³/mol. The molecule has 0 atom stereocenters. The van der Waals surface area contributed by atoms with Crippen molar-refractivity contribution in [3.63, 3.8) is 0 Å². The van der Waals surface area contributed by atoms with E-state index >= 15 is 0 Å². The first kappa shape index (κ1) is 12.5. The number of rotatable bonds is 3. The maximum absolute atomic E-state index is 5.70. The molecule has 0 spiro atoms. The third-order valence-corrected chi connectivity index (χ3v) is 3.31.